The lowest BCUT2D eigenvalue weighted by Crippen LogP contribution is -2.49. The molecule has 1 heterocycles. The summed E-state index contributed by atoms with van der Waals surface area (Å²) in [5, 5.41) is 20.9. The van der Waals surface area contributed by atoms with Crippen molar-refractivity contribution in [3.8, 4) is 0 Å². The Balaban J connectivity index is 1.72. The maximum Gasteiger partial charge on any atom is 0.292 e. The number of fused-ring (bicyclic) bond motifs is 2. The Hall–Kier alpha value is -2.44. The van der Waals surface area contributed by atoms with Crippen LogP contribution in [0, 0.1) is 10.1 Å². The molecule has 1 atom stereocenters. The molecule has 1 aliphatic heterocycles. The number of aliphatic hydroxyl groups is 1. The van der Waals surface area contributed by atoms with Gasteiger partial charge in [-0.1, -0.05) is 24.3 Å². The van der Waals surface area contributed by atoms with Crippen molar-refractivity contribution < 1.29 is 14.8 Å². The first-order valence-electron chi connectivity index (χ1n) is 8.48. The van der Waals surface area contributed by atoms with E-state index in [1.54, 1.807) is 12.1 Å². The molecule has 1 unspecified atom stereocenters. The lowest BCUT2D eigenvalue weighted by Gasteiger charge is -2.42. The molecule has 2 aromatic rings. The van der Waals surface area contributed by atoms with E-state index in [0.717, 1.165) is 12.8 Å². The number of anilines is 1. The average Bonchev–Trinajstić information content (AvgIpc) is 2.99. The van der Waals surface area contributed by atoms with Gasteiger partial charge in [0.05, 0.1) is 24.7 Å². The summed E-state index contributed by atoms with van der Waals surface area (Å²) in [5.74, 6) is 0. The zero-order valence-electron chi connectivity index (χ0n) is 13.9. The highest BCUT2D eigenvalue weighted by atomic mass is 16.6. The summed E-state index contributed by atoms with van der Waals surface area (Å²) in [6, 6.07) is 13.1. The number of nitro benzene ring substituents is 1. The Kier molecular flexibility index (Phi) is 3.94. The summed E-state index contributed by atoms with van der Waals surface area (Å²) in [6.45, 7) is 1.57. The first-order valence-corrected chi connectivity index (χ1v) is 8.48. The van der Waals surface area contributed by atoms with Gasteiger partial charge in [-0.05, 0) is 41.7 Å². The highest BCUT2D eigenvalue weighted by molar-refractivity contribution is 5.65. The minimum atomic E-state index is -0.405. The summed E-state index contributed by atoms with van der Waals surface area (Å²) < 4.78 is 6.20. The molecule has 0 aromatic heterocycles. The van der Waals surface area contributed by atoms with Crippen molar-refractivity contribution in [3.63, 3.8) is 0 Å². The fourth-order valence-corrected chi connectivity index (χ4v) is 4.03. The van der Waals surface area contributed by atoms with Crippen LogP contribution in [0.15, 0.2) is 42.5 Å². The van der Waals surface area contributed by atoms with Crippen LogP contribution in [-0.4, -0.2) is 29.7 Å². The molecule has 1 fully saturated rings. The minimum Gasteiger partial charge on any atom is -0.392 e. The summed E-state index contributed by atoms with van der Waals surface area (Å²) in [7, 11) is 0. The van der Waals surface area contributed by atoms with Crippen molar-refractivity contribution in [2.24, 2.45) is 0 Å². The molecule has 0 amide bonds. The van der Waals surface area contributed by atoms with Gasteiger partial charge < -0.3 is 14.7 Å². The maximum absolute atomic E-state index is 11.5. The second-order valence-electron chi connectivity index (χ2n) is 6.66. The van der Waals surface area contributed by atoms with Gasteiger partial charge in [-0.2, -0.15) is 0 Å². The molecule has 25 heavy (non-hydrogen) atoms. The number of hydrogen-bond acceptors (Lipinski definition) is 5. The number of aryl methyl sites for hydroxylation is 1. The van der Waals surface area contributed by atoms with Crippen molar-refractivity contribution >= 4 is 11.4 Å². The number of morpholine rings is 1. The largest absolute Gasteiger partial charge is 0.392 e. The molecule has 1 saturated heterocycles. The van der Waals surface area contributed by atoms with Crippen LogP contribution in [0.5, 0.6) is 0 Å². The first kappa shape index (κ1) is 16.1. The van der Waals surface area contributed by atoms with Gasteiger partial charge in [0.2, 0.25) is 0 Å². The third-order valence-electron chi connectivity index (χ3n) is 5.25. The number of hydrogen-bond donors (Lipinski definition) is 1. The van der Waals surface area contributed by atoms with Crippen molar-refractivity contribution in [1.29, 1.82) is 0 Å². The molecule has 0 radical (unpaired) electrons. The maximum atomic E-state index is 11.5. The van der Waals surface area contributed by atoms with Crippen molar-refractivity contribution in [2.45, 2.75) is 25.0 Å². The highest BCUT2D eigenvalue weighted by Crippen LogP contribution is 2.44. The Morgan fingerprint density at radius 2 is 2.12 bits per heavy atom. The Morgan fingerprint density at radius 3 is 2.92 bits per heavy atom. The van der Waals surface area contributed by atoms with E-state index in [1.807, 2.05) is 17.0 Å². The van der Waals surface area contributed by atoms with E-state index in [1.165, 1.54) is 17.2 Å². The molecule has 0 saturated carbocycles. The van der Waals surface area contributed by atoms with Gasteiger partial charge in [0.1, 0.15) is 11.3 Å². The van der Waals surface area contributed by atoms with Gasteiger partial charge >= 0.3 is 0 Å². The first-order chi connectivity index (χ1) is 12.1. The zero-order valence-corrected chi connectivity index (χ0v) is 13.9. The normalized spacial score (nSPS) is 22.2. The van der Waals surface area contributed by atoms with Crippen molar-refractivity contribution in [3.05, 3.63) is 69.3 Å². The van der Waals surface area contributed by atoms with Crippen LogP contribution in [0.4, 0.5) is 11.4 Å². The van der Waals surface area contributed by atoms with Crippen LogP contribution >= 0.6 is 0 Å². The quantitative estimate of drug-likeness (QED) is 0.687. The number of benzene rings is 2. The molecular weight excluding hydrogens is 320 g/mol. The monoisotopic (exact) mass is 340 g/mol. The third kappa shape index (κ3) is 2.67. The lowest BCUT2D eigenvalue weighted by molar-refractivity contribution is -0.384. The number of nitro groups is 1. The topological polar surface area (TPSA) is 75.8 Å². The molecule has 1 N–H and O–H groups in total. The van der Waals surface area contributed by atoms with Crippen LogP contribution in [-0.2, 0) is 23.4 Å². The molecule has 1 aliphatic carbocycles. The van der Waals surface area contributed by atoms with Crippen LogP contribution in [0.25, 0.3) is 0 Å². The van der Waals surface area contributed by atoms with Gasteiger partial charge in [0, 0.05) is 12.6 Å². The molecule has 130 valence electrons. The Labute approximate surface area is 145 Å². The highest BCUT2D eigenvalue weighted by Gasteiger charge is 2.44. The van der Waals surface area contributed by atoms with E-state index < -0.39 is 5.60 Å². The van der Waals surface area contributed by atoms with Gasteiger partial charge in [0.25, 0.3) is 5.69 Å². The summed E-state index contributed by atoms with van der Waals surface area (Å²) >= 11 is 0. The van der Waals surface area contributed by atoms with E-state index >= 15 is 0 Å². The van der Waals surface area contributed by atoms with Crippen LogP contribution in [0.1, 0.15) is 23.1 Å². The molecule has 0 bridgehead atoms. The lowest BCUT2D eigenvalue weighted by atomic mass is 9.93. The van der Waals surface area contributed by atoms with Crippen LogP contribution in [0.2, 0.25) is 0 Å². The molecule has 4 rings (SSSR count). The summed E-state index contributed by atoms with van der Waals surface area (Å²) in [4.78, 5) is 13.1. The second kappa shape index (κ2) is 6.13. The molecule has 2 aromatic carbocycles. The van der Waals surface area contributed by atoms with E-state index in [4.69, 9.17) is 4.74 Å². The second-order valence-corrected chi connectivity index (χ2v) is 6.66. The van der Waals surface area contributed by atoms with E-state index in [2.05, 4.69) is 12.1 Å². The fraction of sp³-hybridized carbons (Fsp3) is 0.368. The van der Waals surface area contributed by atoms with E-state index in [9.17, 15) is 15.2 Å². The average molecular weight is 340 g/mol. The van der Waals surface area contributed by atoms with E-state index in [0.29, 0.717) is 30.9 Å². The molecule has 6 heteroatoms. The van der Waals surface area contributed by atoms with Gasteiger partial charge in [-0.3, -0.25) is 10.1 Å². The number of rotatable bonds is 3. The third-order valence-corrected chi connectivity index (χ3v) is 5.25. The molecule has 1 spiro atoms. The van der Waals surface area contributed by atoms with Gasteiger partial charge in [-0.15, -0.1) is 0 Å². The smallest absolute Gasteiger partial charge is 0.292 e. The van der Waals surface area contributed by atoms with Gasteiger partial charge in [-0.25, -0.2) is 0 Å². The fourth-order valence-electron chi connectivity index (χ4n) is 4.03. The Morgan fingerprint density at radius 1 is 1.28 bits per heavy atom. The molecular formula is C19H20N2O4. The zero-order chi connectivity index (χ0) is 17.4. The predicted molar refractivity (Wildman–Crippen MR) is 93.6 cm³/mol. The van der Waals surface area contributed by atoms with Gasteiger partial charge in [0.15, 0.2) is 0 Å². The minimum absolute atomic E-state index is 0.0699. The number of aliphatic hydroxyl groups excluding tert-OH is 1. The summed E-state index contributed by atoms with van der Waals surface area (Å²) in [6.07, 6.45) is 1.85. The summed E-state index contributed by atoms with van der Waals surface area (Å²) in [5.41, 5.74) is 3.39. The standard InChI is InChI=1S/C19H20N2O4/c22-12-14-5-6-17(21(23)24)18(11-14)20-9-10-25-19(13-20)8-7-15-3-1-2-4-16(15)19/h1-6,11,22H,7-10,12-13H2. The molecule has 2 aliphatic rings. The van der Waals surface area contributed by atoms with Crippen molar-refractivity contribution in [1.82, 2.24) is 0 Å². The number of nitrogens with zero attached hydrogens (tertiary/aromatic N) is 2. The SMILES string of the molecule is O=[N+]([O-])c1ccc(CO)cc1N1CCOC2(CCc3ccccc32)C1. The Bertz CT molecular complexity index is 819. The molecule has 6 nitrogen and oxygen atoms in total. The van der Waals surface area contributed by atoms with Crippen LogP contribution in [0.3, 0.4) is 0 Å². The van der Waals surface area contributed by atoms with Crippen LogP contribution < -0.4 is 4.90 Å². The predicted octanol–water partition coefficient (Wildman–Crippen LogP) is 2.77. The van der Waals surface area contributed by atoms with Crippen molar-refractivity contribution in [2.75, 3.05) is 24.6 Å². The number of ether oxygens (including phenoxy) is 1. The van der Waals surface area contributed by atoms with E-state index in [-0.39, 0.29) is 17.2 Å².